The largest absolute Gasteiger partial charge is 0.497 e. The van der Waals surface area contributed by atoms with Gasteiger partial charge in [-0.25, -0.2) is 4.98 Å². The summed E-state index contributed by atoms with van der Waals surface area (Å²) in [5, 5.41) is 4.42. The van der Waals surface area contributed by atoms with Gasteiger partial charge in [0.2, 0.25) is 0 Å². The van der Waals surface area contributed by atoms with E-state index in [0.29, 0.717) is 33.1 Å². The Hall–Kier alpha value is -2.28. The van der Waals surface area contributed by atoms with Crippen molar-refractivity contribution < 1.29 is 14.3 Å². The number of amides is 1. The molecule has 2 aromatic carbocycles. The maximum atomic E-state index is 12.1. The molecule has 0 atom stereocenters. The zero-order valence-corrected chi connectivity index (χ0v) is 16.7. The van der Waals surface area contributed by atoms with Crippen molar-refractivity contribution in [3.8, 4) is 11.5 Å². The molecule has 0 aliphatic carbocycles. The average molecular weight is 423 g/mol. The second-order valence-electron chi connectivity index (χ2n) is 5.60. The zero-order valence-electron chi connectivity index (χ0n) is 14.4. The fourth-order valence-corrected chi connectivity index (χ4v) is 3.79. The van der Waals surface area contributed by atoms with Gasteiger partial charge in [0.25, 0.3) is 5.91 Å². The van der Waals surface area contributed by atoms with Gasteiger partial charge in [-0.15, -0.1) is 11.3 Å². The van der Waals surface area contributed by atoms with Gasteiger partial charge in [0, 0.05) is 33.6 Å². The first kappa shape index (κ1) is 19.5. The minimum atomic E-state index is -0.287. The molecule has 0 aliphatic heterocycles. The Labute approximate surface area is 170 Å². The highest BCUT2D eigenvalue weighted by molar-refractivity contribution is 7.15. The van der Waals surface area contributed by atoms with Crippen molar-refractivity contribution in [2.45, 2.75) is 6.42 Å². The summed E-state index contributed by atoms with van der Waals surface area (Å²) in [5.74, 6) is 0.935. The molecule has 0 bridgehead atoms. The number of thiazole rings is 1. The molecule has 140 valence electrons. The number of hydrogen-bond acceptors (Lipinski definition) is 5. The molecule has 1 amide bonds. The number of ether oxygens (including phenoxy) is 2. The second kappa shape index (κ2) is 9.08. The van der Waals surface area contributed by atoms with Crippen LogP contribution < -0.4 is 14.8 Å². The molecule has 5 nitrogen and oxygen atoms in total. The molecule has 0 unspecified atom stereocenters. The normalized spacial score (nSPS) is 10.5. The maximum Gasteiger partial charge on any atom is 0.264 e. The van der Waals surface area contributed by atoms with E-state index in [2.05, 4.69) is 10.3 Å². The number of halogens is 2. The lowest BCUT2D eigenvalue weighted by Crippen LogP contribution is -2.19. The quantitative estimate of drug-likeness (QED) is 0.577. The summed E-state index contributed by atoms with van der Waals surface area (Å²) in [6.07, 6.45) is 2.35. The van der Waals surface area contributed by atoms with Gasteiger partial charge in [-0.1, -0.05) is 29.3 Å². The van der Waals surface area contributed by atoms with Gasteiger partial charge in [0.1, 0.15) is 11.5 Å². The minimum Gasteiger partial charge on any atom is -0.497 e. The molecule has 0 fully saturated rings. The van der Waals surface area contributed by atoms with Crippen molar-refractivity contribution in [1.82, 2.24) is 4.98 Å². The first-order valence-corrected chi connectivity index (χ1v) is 9.55. The van der Waals surface area contributed by atoms with Gasteiger partial charge >= 0.3 is 0 Å². The van der Waals surface area contributed by atoms with Crippen LogP contribution in [0.3, 0.4) is 0 Å². The molecular formula is C19H16Cl2N2O3S. The molecule has 0 spiro atoms. The zero-order chi connectivity index (χ0) is 19.2. The monoisotopic (exact) mass is 422 g/mol. The molecule has 0 saturated heterocycles. The Morgan fingerprint density at radius 2 is 1.89 bits per heavy atom. The standard InChI is InChI=1S/C19H16Cl2N2O3S/c1-25-15-3-2-4-16(9-15)26-11-18(24)23-19-22-10-17(27-19)7-12-5-13(20)8-14(21)6-12/h2-6,8-10H,7,11H2,1H3,(H,22,23,24). The number of anilines is 1. The van der Waals surface area contributed by atoms with E-state index in [1.165, 1.54) is 11.3 Å². The number of carbonyl (C=O) groups excluding carboxylic acids is 1. The molecule has 0 aliphatic rings. The predicted octanol–water partition coefficient (Wildman–Crippen LogP) is 5.07. The Morgan fingerprint density at radius 1 is 1.15 bits per heavy atom. The minimum absolute atomic E-state index is 0.119. The Bertz CT molecular complexity index is 926. The topological polar surface area (TPSA) is 60.5 Å². The van der Waals surface area contributed by atoms with E-state index in [-0.39, 0.29) is 12.5 Å². The Morgan fingerprint density at radius 3 is 2.63 bits per heavy atom. The average Bonchev–Trinajstić information content (AvgIpc) is 3.06. The third-order valence-electron chi connectivity index (χ3n) is 3.51. The third kappa shape index (κ3) is 5.85. The molecule has 0 saturated carbocycles. The molecule has 1 N–H and O–H groups in total. The number of carbonyl (C=O) groups is 1. The predicted molar refractivity (Wildman–Crippen MR) is 109 cm³/mol. The Kier molecular flexibility index (Phi) is 6.55. The summed E-state index contributed by atoms with van der Waals surface area (Å²) in [7, 11) is 1.57. The number of aromatic nitrogens is 1. The molecular weight excluding hydrogens is 407 g/mol. The number of hydrogen-bond donors (Lipinski definition) is 1. The van der Waals surface area contributed by atoms with Crippen molar-refractivity contribution in [1.29, 1.82) is 0 Å². The smallest absolute Gasteiger partial charge is 0.264 e. The molecule has 0 radical (unpaired) electrons. The van der Waals surface area contributed by atoms with Crippen LogP contribution in [0.2, 0.25) is 10.0 Å². The summed E-state index contributed by atoms with van der Waals surface area (Å²) < 4.78 is 10.6. The first-order chi connectivity index (χ1) is 13.0. The molecule has 3 rings (SSSR count). The number of methoxy groups -OCH3 is 1. The highest BCUT2D eigenvalue weighted by Gasteiger charge is 2.09. The van der Waals surface area contributed by atoms with E-state index in [4.69, 9.17) is 32.7 Å². The van der Waals surface area contributed by atoms with Crippen molar-refractivity contribution >= 4 is 45.6 Å². The number of nitrogens with one attached hydrogen (secondary N) is 1. The fourth-order valence-electron chi connectivity index (χ4n) is 2.36. The fraction of sp³-hybridized carbons (Fsp3) is 0.158. The number of nitrogens with zero attached hydrogens (tertiary/aromatic N) is 1. The van der Waals surface area contributed by atoms with Crippen LogP contribution in [0.4, 0.5) is 5.13 Å². The van der Waals surface area contributed by atoms with Gasteiger partial charge in [-0.2, -0.15) is 0 Å². The van der Waals surface area contributed by atoms with Crippen LogP contribution >= 0.6 is 34.5 Å². The van der Waals surface area contributed by atoms with Crippen molar-refractivity contribution in [2.24, 2.45) is 0 Å². The van der Waals surface area contributed by atoms with Crippen molar-refractivity contribution in [2.75, 3.05) is 19.0 Å². The van der Waals surface area contributed by atoms with Crippen LogP contribution in [0.25, 0.3) is 0 Å². The first-order valence-electron chi connectivity index (χ1n) is 7.98. The lowest BCUT2D eigenvalue weighted by Gasteiger charge is -2.07. The summed E-state index contributed by atoms with van der Waals surface area (Å²) in [4.78, 5) is 17.3. The molecule has 3 aromatic rings. The summed E-state index contributed by atoms with van der Waals surface area (Å²) in [5.41, 5.74) is 0.982. The molecule has 8 heteroatoms. The van der Waals surface area contributed by atoms with Gasteiger partial charge in [0.15, 0.2) is 11.7 Å². The van der Waals surface area contributed by atoms with Crippen molar-refractivity contribution in [3.63, 3.8) is 0 Å². The summed E-state index contributed by atoms with van der Waals surface area (Å²) >= 11 is 13.4. The lowest BCUT2D eigenvalue weighted by molar-refractivity contribution is -0.118. The van der Waals surface area contributed by atoms with Crippen LogP contribution in [0.1, 0.15) is 10.4 Å². The summed E-state index contributed by atoms with van der Waals surface area (Å²) in [6, 6.07) is 12.5. The van der Waals surface area contributed by atoms with Crippen LogP contribution in [0.15, 0.2) is 48.7 Å². The van der Waals surface area contributed by atoms with Gasteiger partial charge in [-0.05, 0) is 35.9 Å². The number of benzene rings is 2. The van der Waals surface area contributed by atoms with E-state index in [1.807, 2.05) is 12.1 Å². The van der Waals surface area contributed by atoms with E-state index >= 15 is 0 Å². The SMILES string of the molecule is COc1cccc(OCC(=O)Nc2ncc(Cc3cc(Cl)cc(Cl)c3)s2)c1. The molecule has 27 heavy (non-hydrogen) atoms. The van der Waals surface area contributed by atoms with Gasteiger partial charge < -0.3 is 9.47 Å². The van der Waals surface area contributed by atoms with E-state index < -0.39 is 0 Å². The van der Waals surface area contributed by atoms with Crippen LogP contribution in [-0.2, 0) is 11.2 Å². The second-order valence-corrected chi connectivity index (χ2v) is 7.59. The molecule has 1 heterocycles. The van der Waals surface area contributed by atoms with Gasteiger partial charge in [0.05, 0.1) is 7.11 Å². The van der Waals surface area contributed by atoms with E-state index in [1.54, 1.807) is 43.6 Å². The third-order valence-corrected chi connectivity index (χ3v) is 4.86. The van der Waals surface area contributed by atoms with Gasteiger partial charge in [-0.3, -0.25) is 10.1 Å². The van der Waals surface area contributed by atoms with Crippen LogP contribution in [0, 0.1) is 0 Å². The van der Waals surface area contributed by atoms with Crippen molar-refractivity contribution in [3.05, 3.63) is 69.1 Å². The van der Waals surface area contributed by atoms with Crippen LogP contribution in [-0.4, -0.2) is 24.6 Å². The summed E-state index contributed by atoms with van der Waals surface area (Å²) in [6.45, 7) is -0.119. The molecule has 1 aromatic heterocycles. The highest BCUT2D eigenvalue weighted by Crippen LogP contribution is 2.25. The van der Waals surface area contributed by atoms with E-state index in [0.717, 1.165) is 10.4 Å². The Balaban J connectivity index is 1.54. The van der Waals surface area contributed by atoms with Crippen LogP contribution in [0.5, 0.6) is 11.5 Å². The lowest BCUT2D eigenvalue weighted by atomic mass is 10.1. The number of rotatable bonds is 7. The maximum absolute atomic E-state index is 12.1. The van der Waals surface area contributed by atoms with E-state index in [9.17, 15) is 4.79 Å². The highest BCUT2D eigenvalue weighted by atomic mass is 35.5.